The van der Waals surface area contributed by atoms with E-state index in [0.717, 1.165) is 35.8 Å². The van der Waals surface area contributed by atoms with E-state index in [1.165, 1.54) is 12.8 Å². The van der Waals surface area contributed by atoms with Crippen molar-refractivity contribution >= 4 is 22.0 Å². The highest BCUT2D eigenvalue weighted by Gasteiger charge is 2.24. The number of phenols is 1. The van der Waals surface area contributed by atoms with Gasteiger partial charge in [0.1, 0.15) is 22.7 Å². The second-order valence-electron chi connectivity index (χ2n) is 8.06. The van der Waals surface area contributed by atoms with Crippen molar-refractivity contribution in [2.45, 2.75) is 45.2 Å². The SMILES string of the molecule is CC[C@@H]1CCCCN1Cc1c(O)ccc2cc(-c3nc4ccccc4[nH]3)c(=O)oc12. The zero-order valence-electron chi connectivity index (χ0n) is 17.0. The van der Waals surface area contributed by atoms with Gasteiger partial charge in [0.05, 0.1) is 16.6 Å². The van der Waals surface area contributed by atoms with Crippen LogP contribution >= 0.6 is 0 Å². The Balaban J connectivity index is 1.59. The van der Waals surface area contributed by atoms with Crippen molar-refractivity contribution < 1.29 is 9.52 Å². The minimum Gasteiger partial charge on any atom is -0.507 e. The van der Waals surface area contributed by atoms with Gasteiger partial charge in [-0.2, -0.15) is 0 Å². The Morgan fingerprint density at radius 3 is 2.93 bits per heavy atom. The van der Waals surface area contributed by atoms with Gasteiger partial charge in [-0.15, -0.1) is 0 Å². The third kappa shape index (κ3) is 3.27. The van der Waals surface area contributed by atoms with Crippen molar-refractivity contribution in [2.24, 2.45) is 0 Å². The van der Waals surface area contributed by atoms with Crippen molar-refractivity contribution in [3.8, 4) is 17.1 Å². The first-order chi connectivity index (χ1) is 14.6. The van der Waals surface area contributed by atoms with E-state index in [0.29, 0.717) is 35.1 Å². The average Bonchev–Trinajstić information content (AvgIpc) is 3.20. The Hall–Kier alpha value is -3.12. The number of benzene rings is 2. The van der Waals surface area contributed by atoms with Crippen LogP contribution in [0.15, 0.2) is 51.7 Å². The second kappa shape index (κ2) is 7.61. The van der Waals surface area contributed by atoms with E-state index in [1.54, 1.807) is 18.2 Å². The van der Waals surface area contributed by atoms with E-state index in [-0.39, 0.29) is 5.75 Å². The number of aromatic hydroxyl groups is 1. The van der Waals surface area contributed by atoms with Crippen LogP contribution < -0.4 is 5.63 Å². The molecular weight excluding hydrogens is 378 g/mol. The number of H-pyrrole nitrogens is 1. The molecule has 2 aromatic heterocycles. The van der Waals surface area contributed by atoms with Crippen LogP contribution in [-0.2, 0) is 6.54 Å². The maximum atomic E-state index is 12.9. The molecule has 1 fully saturated rings. The molecule has 0 unspecified atom stereocenters. The van der Waals surface area contributed by atoms with E-state index >= 15 is 0 Å². The van der Waals surface area contributed by atoms with Crippen molar-refractivity contribution in [2.75, 3.05) is 6.54 Å². The molecule has 30 heavy (non-hydrogen) atoms. The van der Waals surface area contributed by atoms with Crippen LogP contribution in [0.2, 0.25) is 0 Å². The molecule has 0 aliphatic carbocycles. The lowest BCUT2D eigenvalue weighted by atomic mass is 9.98. The predicted molar refractivity (Wildman–Crippen MR) is 118 cm³/mol. The predicted octanol–water partition coefficient (Wildman–Crippen LogP) is 4.81. The minimum absolute atomic E-state index is 0.169. The number of rotatable bonds is 4. The highest BCUT2D eigenvalue weighted by atomic mass is 16.4. The highest BCUT2D eigenvalue weighted by Crippen LogP contribution is 2.32. The summed E-state index contributed by atoms with van der Waals surface area (Å²) < 4.78 is 5.76. The van der Waals surface area contributed by atoms with Crippen LogP contribution in [-0.4, -0.2) is 32.6 Å². The summed E-state index contributed by atoms with van der Waals surface area (Å²) in [5.41, 5.74) is 2.74. The molecular formula is C24H25N3O3. The number of aromatic nitrogens is 2. The summed E-state index contributed by atoms with van der Waals surface area (Å²) in [6.45, 7) is 3.77. The fourth-order valence-corrected chi connectivity index (χ4v) is 4.56. The van der Waals surface area contributed by atoms with Crippen LogP contribution in [0.1, 0.15) is 38.2 Å². The van der Waals surface area contributed by atoms with Gasteiger partial charge in [0.15, 0.2) is 0 Å². The number of hydrogen-bond donors (Lipinski definition) is 2. The molecule has 154 valence electrons. The van der Waals surface area contributed by atoms with Crippen LogP contribution in [0.4, 0.5) is 0 Å². The topological polar surface area (TPSA) is 82.4 Å². The van der Waals surface area contributed by atoms with Crippen molar-refractivity contribution in [1.29, 1.82) is 0 Å². The zero-order valence-corrected chi connectivity index (χ0v) is 17.0. The number of imidazole rings is 1. The molecule has 6 nitrogen and oxygen atoms in total. The molecule has 2 N–H and O–H groups in total. The number of nitrogens with zero attached hydrogens (tertiary/aromatic N) is 2. The van der Waals surface area contributed by atoms with Gasteiger partial charge in [-0.1, -0.05) is 25.5 Å². The Bertz CT molecular complexity index is 1240. The van der Waals surface area contributed by atoms with Crippen molar-refractivity contribution in [3.05, 3.63) is 58.4 Å². The van der Waals surface area contributed by atoms with Crippen LogP contribution in [0.25, 0.3) is 33.4 Å². The van der Waals surface area contributed by atoms with E-state index in [1.807, 2.05) is 24.3 Å². The summed E-state index contributed by atoms with van der Waals surface area (Å²) in [7, 11) is 0. The summed E-state index contributed by atoms with van der Waals surface area (Å²) in [4.78, 5) is 23.0. The maximum absolute atomic E-state index is 12.9. The molecule has 4 aromatic rings. The van der Waals surface area contributed by atoms with Crippen molar-refractivity contribution in [1.82, 2.24) is 14.9 Å². The summed E-state index contributed by atoms with van der Waals surface area (Å²) in [5.74, 6) is 0.658. The summed E-state index contributed by atoms with van der Waals surface area (Å²) in [6.07, 6.45) is 4.64. The summed E-state index contributed by atoms with van der Waals surface area (Å²) in [5, 5.41) is 11.3. The molecule has 2 aromatic carbocycles. The fraction of sp³-hybridized carbons (Fsp3) is 0.333. The highest BCUT2D eigenvalue weighted by molar-refractivity contribution is 5.86. The average molecular weight is 403 g/mol. The number of hydrogen-bond acceptors (Lipinski definition) is 5. The smallest absolute Gasteiger partial charge is 0.347 e. The van der Waals surface area contributed by atoms with E-state index in [4.69, 9.17) is 4.42 Å². The van der Waals surface area contributed by atoms with Gasteiger partial charge in [0.2, 0.25) is 0 Å². The minimum atomic E-state index is -0.459. The first kappa shape index (κ1) is 18.9. The van der Waals surface area contributed by atoms with Gasteiger partial charge in [0, 0.05) is 18.0 Å². The van der Waals surface area contributed by atoms with Crippen LogP contribution in [0.3, 0.4) is 0 Å². The van der Waals surface area contributed by atoms with E-state index in [2.05, 4.69) is 21.8 Å². The number of fused-ring (bicyclic) bond motifs is 2. The number of piperidine rings is 1. The third-order valence-electron chi connectivity index (χ3n) is 6.21. The standard InChI is InChI=1S/C24H25N3O3/c1-2-16-7-5-6-12-27(16)14-18-21(28)11-10-15-13-17(24(29)30-22(15)18)23-25-19-8-3-4-9-20(19)26-23/h3-4,8-11,13,16,28H,2,5-7,12,14H2,1H3,(H,25,26)/t16-/m1/s1. The van der Waals surface area contributed by atoms with Gasteiger partial charge in [-0.05, 0) is 56.1 Å². The first-order valence-electron chi connectivity index (χ1n) is 10.6. The zero-order chi connectivity index (χ0) is 20.7. The second-order valence-corrected chi connectivity index (χ2v) is 8.06. The number of likely N-dealkylation sites (tertiary alicyclic amines) is 1. The Kier molecular flexibility index (Phi) is 4.79. The molecule has 0 spiro atoms. The molecule has 3 heterocycles. The number of para-hydroxylation sites is 2. The lowest BCUT2D eigenvalue weighted by Gasteiger charge is -2.35. The monoisotopic (exact) mass is 403 g/mol. The molecule has 0 radical (unpaired) electrons. The first-order valence-corrected chi connectivity index (χ1v) is 10.6. The van der Waals surface area contributed by atoms with Gasteiger partial charge in [0.25, 0.3) is 0 Å². The molecule has 5 rings (SSSR count). The number of nitrogens with one attached hydrogen (secondary N) is 1. The van der Waals surface area contributed by atoms with E-state index in [9.17, 15) is 9.90 Å². The quantitative estimate of drug-likeness (QED) is 0.478. The van der Waals surface area contributed by atoms with Gasteiger partial charge < -0.3 is 14.5 Å². The van der Waals surface area contributed by atoms with Gasteiger partial charge >= 0.3 is 5.63 Å². The number of phenolic OH excluding ortho intramolecular Hbond substituents is 1. The summed E-state index contributed by atoms with van der Waals surface area (Å²) in [6, 6.07) is 13.4. The van der Waals surface area contributed by atoms with Crippen LogP contribution in [0.5, 0.6) is 5.75 Å². The fourth-order valence-electron chi connectivity index (χ4n) is 4.56. The molecule has 1 saturated heterocycles. The summed E-state index contributed by atoms with van der Waals surface area (Å²) >= 11 is 0. The Labute approximate surface area is 174 Å². The molecule has 0 amide bonds. The largest absolute Gasteiger partial charge is 0.507 e. The molecule has 0 saturated carbocycles. The Morgan fingerprint density at radius 1 is 1.23 bits per heavy atom. The normalized spacial score (nSPS) is 17.7. The lowest BCUT2D eigenvalue weighted by Crippen LogP contribution is -2.38. The maximum Gasteiger partial charge on any atom is 0.347 e. The van der Waals surface area contributed by atoms with Gasteiger partial charge in [-0.3, -0.25) is 4.90 Å². The van der Waals surface area contributed by atoms with E-state index < -0.39 is 5.63 Å². The molecule has 1 aliphatic heterocycles. The van der Waals surface area contributed by atoms with Crippen molar-refractivity contribution in [3.63, 3.8) is 0 Å². The molecule has 1 aliphatic rings. The number of aromatic amines is 1. The Morgan fingerprint density at radius 2 is 2.10 bits per heavy atom. The van der Waals surface area contributed by atoms with Gasteiger partial charge in [-0.25, -0.2) is 9.78 Å². The molecule has 6 heteroatoms. The third-order valence-corrected chi connectivity index (χ3v) is 6.21. The molecule has 0 bridgehead atoms. The lowest BCUT2D eigenvalue weighted by molar-refractivity contribution is 0.135. The van der Waals surface area contributed by atoms with Crippen LogP contribution in [0, 0.1) is 0 Å². The molecule has 1 atom stereocenters.